The van der Waals surface area contributed by atoms with E-state index in [1.165, 1.54) is 10.9 Å². The Bertz CT molecular complexity index is 763. The predicted octanol–water partition coefficient (Wildman–Crippen LogP) is -0.973. The summed E-state index contributed by atoms with van der Waals surface area (Å²) >= 11 is 0. The van der Waals surface area contributed by atoms with Crippen molar-refractivity contribution >= 4 is 22.7 Å². The Morgan fingerprint density at radius 2 is 2.17 bits per heavy atom. The molecule has 0 unspecified atom stereocenters. The van der Waals surface area contributed by atoms with E-state index in [2.05, 4.69) is 21.5 Å². The molecule has 1 aliphatic heterocycles. The molecule has 0 radical (unpaired) electrons. The van der Waals surface area contributed by atoms with Gasteiger partial charge in [-0.3, -0.25) is 4.57 Å². The van der Waals surface area contributed by atoms with E-state index < -0.39 is 31.1 Å². The quantitative estimate of drug-likeness (QED) is 0.505. The van der Waals surface area contributed by atoms with Gasteiger partial charge >= 0.3 is 0 Å². The molecule has 24 heavy (non-hydrogen) atoms. The number of aliphatic hydroxyl groups excluding tert-OH is 3. The lowest BCUT2D eigenvalue weighted by Crippen LogP contribution is -2.33. The van der Waals surface area contributed by atoms with Gasteiger partial charge in [0.1, 0.15) is 24.6 Å². The highest BCUT2D eigenvalue weighted by Gasteiger charge is 2.45. The highest BCUT2D eigenvalue weighted by molar-refractivity contribution is 5.83. The van der Waals surface area contributed by atoms with Crippen LogP contribution in [0.2, 0.25) is 0 Å². The first-order valence-electron chi connectivity index (χ1n) is 7.42. The molecule has 1 fully saturated rings. The third-order valence-corrected chi connectivity index (χ3v) is 3.84. The highest BCUT2D eigenvalue weighted by Crippen LogP contribution is 2.35. The van der Waals surface area contributed by atoms with Crippen molar-refractivity contribution in [3.63, 3.8) is 0 Å². The highest BCUT2D eigenvalue weighted by atomic mass is 16.6. The molecular formula is C14H19N5O5. The fraction of sp³-hybridized carbons (Fsp3) is 0.500. The lowest BCUT2D eigenvalue weighted by Gasteiger charge is -2.19. The van der Waals surface area contributed by atoms with E-state index >= 15 is 0 Å². The van der Waals surface area contributed by atoms with E-state index in [0.717, 1.165) is 0 Å². The van der Waals surface area contributed by atoms with Crippen molar-refractivity contribution in [2.24, 2.45) is 0 Å². The second kappa shape index (κ2) is 6.32. The van der Waals surface area contributed by atoms with Crippen LogP contribution in [-0.2, 0) is 9.47 Å². The van der Waals surface area contributed by atoms with E-state index in [1.807, 2.05) is 0 Å². The maximum absolute atomic E-state index is 10.3. The number of hydrogen-bond acceptors (Lipinski definition) is 9. The number of anilines is 1. The Morgan fingerprint density at radius 3 is 2.79 bits per heavy atom. The average molecular weight is 337 g/mol. The second-order valence-electron chi connectivity index (χ2n) is 5.32. The Hall–Kier alpha value is -2.27. The van der Waals surface area contributed by atoms with Crippen LogP contribution in [0.1, 0.15) is 19.0 Å². The molecular weight excluding hydrogens is 318 g/mol. The van der Waals surface area contributed by atoms with Crippen LogP contribution in [0.15, 0.2) is 12.9 Å². The SMILES string of the molecule is C=C(OCC)c1nc2c(N)ncnc2n1[C@@H]1O[C@H](CO)[C@@H](O)[C@H]1O. The van der Waals surface area contributed by atoms with Gasteiger partial charge in [0.15, 0.2) is 34.8 Å². The van der Waals surface area contributed by atoms with E-state index in [4.69, 9.17) is 15.2 Å². The number of fused-ring (bicyclic) bond motifs is 1. The van der Waals surface area contributed by atoms with Crippen LogP contribution in [0.4, 0.5) is 5.82 Å². The standard InChI is InChI=1S/C14H19N5O5/c1-3-23-6(2)12-18-8-11(15)16-5-17-13(8)19(12)14-10(22)9(21)7(4-20)24-14/h5,7,9-10,14,20-22H,2-4H2,1H3,(H2,15,16,17)/t7-,9-,10-,14-/m1/s1. The third-order valence-electron chi connectivity index (χ3n) is 3.84. The molecule has 0 bridgehead atoms. The molecule has 3 rings (SSSR count). The van der Waals surface area contributed by atoms with E-state index in [9.17, 15) is 15.3 Å². The summed E-state index contributed by atoms with van der Waals surface area (Å²) in [6.07, 6.45) is -3.28. The number of nitrogens with zero attached hydrogens (tertiary/aromatic N) is 4. The first-order valence-corrected chi connectivity index (χ1v) is 7.42. The predicted molar refractivity (Wildman–Crippen MR) is 83.4 cm³/mol. The second-order valence-corrected chi connectivity index (χ2v) is 5.32. The normalized spacial score (nSPS) is 26.8. The van der Waals surface area contributed by atoms with E-state index in [-0.39, 0.29) is 17.4 Å². The minimum Gasteiger partial charge on any atom is -0.491 e. The van der Waals surface area contributed by atoms with Gasteiger partial charge in [-0.15, -0.1) is 0 Å². The molecule has 5 N–H and O–H groups in total. The van der Waals surface area contributed by atoms with Crippen LogP contribution >= 0.6 is 0 Å². The number of imidazole rings is 1. The molecule has 10 heteroatoms. The van der Waals surface area contributed by atoms with Crippen molar-refractivity contribution in [1.29, 1.82) is 0 Å². The number of aromatic nitrogens is 4. The first-order chi connectivity index (χ1) is 11.5. The Morgan fingerprint density at radius 1 is 1.42 bits per heavy atom. The molecule has 3 heterocycles. The summed E-state index contributed by atoms with van der Waals surface area (Å²) in [5.74, 6) is 0.623. The van der Waals surface area contributed by atoms with Gasteiger partial charge < -0.3 is 30.5 Å². The molecule has 0 aliphatic carbocycles. The zero-order valence-electron chi connectivity index (χ0n) is 13.0. The zero-order chi connectivity index (χ0) is 17.4. The molecule has 1 saturated heterocycles. The fourth-order valence-electron chi connectivity index (χ4n) is 2.70. The minimum absolute atomic E-state index is 0.149. The van der Waals surface area contributed by atoms with Crippen molar-refractivity contribution in [3.8, 4) is 0 Å². The summed E-state index contributed by atoms with van der Waals surface area (Å²) in [7, 11) is 0. The number of rotatable bonds is 5. The summed E-state index contributed by atoms with van der Waals surface area (Å²) in [6, 6.07) is 0. The number of ether oxygens (including phenoxy) is 2. The summed E-state index contributed by atoms with van der Waals surface area (Å²) in [5.41, 5.74) is 6.43. The minimum atomic E-state index is -1.30. The summed E-state index contributed by atoms with van der Waals surface area (Å²) < 4.78 is 12.4. The molecule has 4 atom stereocenters. The molecule has 2 aromatic rings. The molecule has 0 amide bonds. The summed E-state index contributed by atoms with van der Waals surface area (Å²) in [5, 5.41) is 29.6. The van der Waals surface area contributed by atoms with Gasteiger partial charge in [-0.2, -0.15) is 0 Å². The van der Waals surface area contributed by atoms with Gasteiger partial charge in [0.2, 0.25) is 0 Å². The van der Waals surface area contributed by atoms with Gasteiger partial charge in [0.05, 0.1) is 13.2 Å². The van der Waals surface area contributed by atoms with Crippen LogP contribution < -0.4 is 5.73 Å². The van der Waals surface area contributed by atoms with Crippen LogP contribution in [0.3, 0.4) is 0 Å². The van der Waals surface area contributed by atoms with Crippen LogP contribution in [0, 0.1) is 0 Å². The van der Waals surface area contributed by atoms with Gasteiger partial charge in [-0.05, 0) is 6.92 Å². The van der Waals surface area contributed by atoms with Crippen molar-refractivity contribution < 1.29 is 24.8 Å². The number of aliphatic hydroxyl groups is 3. The van der Waals surface area contributed by atoms with Gasteiger partial charge in [-0.25, -0.2) is 15.0 Å². The Balaban J connectivity index is 2.16. The summed E-state index contributed by atoms with van der Waals surface area (Å²) in [6.45, 7) is 5.52. The topological polar surface area (TPSA) is 149 Å². The molecule has 0 saturated carbocycles. The number of nitrogens with two attached hydrogens (primary N) is 1. The average Bonchev–Trinajstić information content (AvgIpc) is 3.08. The van der Waals surface area contributed by atoms with Gasteiger partial charge in [0, 0.05) is 0 Å². The van der Waals surface area contributed by atoms with E-state index in [0.29, 0.717) is 17.8 Å². The smallest absolute Gasteiger partial charge is 0.179 e. The molecule has 0 aromatic carbocycles. The maximum Gasteiger partial charge on any atom is 0.179 e. The monoisotopic (exact) mass is 337 g/mol. The van der Waals surface area contributed by atoms with E-state index in [1.54, 1.807) is 6.92 Å². The molecule has 10 nitrogen and oxygen atoms in total. The molecule has 2 aromatic heterocycles. The molecule has 130 valence electrons. The van der Waals surface area contributed by atoms with Crippen molar-refractivity contribution in [3.05, 3.63) is 18.7 Å². The molecule has 1 aliphatic rings. The van der Waals surface area contributed by atoms with Crippen molar-refractivity contribution in [2.75, 3.05) is 18.9 Å². The maximum atomic E-state index is 10.3. The largest absolute Gasteiger partial charge is 0.491 e. The lowest BCUT2D eigenvalue weighted by molar-refractivity contribution is -0.0517. The zero-order valence-corrected chi connectivity index (χ0v) is 13.0. The Kier molecular flexibility index (Phi) is 4.37. The van der Waals surface area contributed by atoms with Crippen LogP contribution in [0.25, 0.3) is 16.9 Å². The fourth-order valence-corrected chi connectivity index (χ4v) is 2.70. The van der Waals surface area contributed by atoms with Crippen LogP contribution in [0.5, 0.6) is 0 Å². The Labute approximate surface area is 137 Å². The number of hydrogen-bond donors (Lipinski definition) is 4. The molecule has 0 spiro atoms. The number of nitrogen functional groups attached to an aromatic ring is 1. The first kappa shape index (κ1) is 16.6. The van der Waals surface area contributed by atoms with Crippen LogP contribution in [-0.4, -0.2) is 66.4 Å². The van der Waals surface area contributed by atoms with Gasteiger partial charge in [0.25, 0.3) is 0 Å². The third kappa shape index (κ3) is 2.49. The van der Waals surface area contributed by atoms with Gasteiger partial charge in [-0.1, -0.05) is 6.58 Å². The van der Waals surface area contributed by atoms with Crippen molar-refractivity contribution in [1.82, 2.24) is 19.5 Å². The summed E-state index contributed by atoms with van der Waals surface area (Å²) in [4.78, 5) is 12.4. The van der Waals surface area contributed by atoms with Crippen molar-refractivity contribution in [2.45, 2.75) is 31.5 Å². The lowest BCUT2D eigenvalue weighted by atomic mass is 10.1.